The second kappa shape index (κ2) is 9.10. The second-order valence-electron chi connectivity index (χ2n) is 5.04. The fourth-order valence-corrected chi connectivity index (χ4v) is 3.02. The van der Waals surface area contributed by atoms with E-state index in [-0.39, 0.29) is 17.3 Å². The summed E-state index contributed by atoms with van der Waals surface area (Å²) in [6.07, 6.45) is 0. The van der Waals surface area contributed by atoms with Gasteiger partial charge in [-0.15, -0.1) is 11.8 Å². The molecule has 0 aliphatic carbocycles. The first kappa shape index (κ1) is 18.8. The summed E-state index contributed by atoms with van der Waals surface area (Å²) in [6, 6.07) is 13.4. The molecule has 0 fully saturated rings. The van der Waals surface area contributed by atoms with Gasteiger partial charge in [0.25, 0.3) is 5.69 Å². The Labute approximate surface area is 154 Å². The molecule has 0 aliphatic rings. The van der Waals surface area contributed by atoms with Crippen LogP contribution in [0.5, 0.6) is 0 Å². The Kier molecular flexibility index (Phi) is 6.85. The van der Waals surface area contributed by atoms with Crippen molar-refractivity contribution >= 4 is 40.7 Å². The lowest BCUT2D eigenvalue weighted by Gasteiger charge is -2.11. The van der Waals surface area contributed by atoms with E-state index in [1.54, 1.807) is 12.1 Å². The Hall–Kier alpha value is -2.51. The van der Waals surface area contributed by atoms with Crippen LogP contribution < -0.4 is 10.9 Å². The van der Waals surface area contributed by atoms with Gasteiger partial charge in [-0.05, 0) is 29.3 Å². The number of hydrogen-bond acceptors (Lipinski definition) is 5. The maximum Gasteiger partial charge on any atom is 0.269 e. The molecule has 0 aromatic heterocycles. The third kappa shape index (κ3) is 5.81. The summed E-state index contributed by atoms with van der Waals surface area (Å²) in [5.74, 6) is 0.683. The normalized spacial score (nSPS) is 10.1. The van der Waals surface area contributed by atoms with E-state index in [2.05, 4.69) is 17.4 Å². The molecule has 0 atom stereocenters. The standard InChI is InChI=1S/C17H16ClN3O3S/c1-12(13-6-8-15(9-7-13)21(23)24)19-20-17(22)11-25-10-14-4-2-3-5-16(14)18/h2-9,19H,1,10-11H2,(H,20,22). The highest BCUT2D eigenvalue weighted by molar-refractivity contribution is 7.99. The number of nitro benzene ring substituents is 1. The van der Waals surface area contributed by atoms with Gasteiger partial charge in [0.1, 0.15) is 0 Å². The third-order valence-electron chi connectivity index (χ3n) is 3.23. The molecular weight excluding hydrogens is 362 g/mol. The Morgan fingerprint density at radius 1 is 1.16 bits per heavy atom. The van der Waals surface area contributed by atoms with Gasteiger partial charge in [0.05, 0.1) is 16.4 Å². The smallest absolute Gasteiger partial charge is 0.269 e. The van der Waals surface area contributed by atoms with E-state index in [1.807, 2.05) is 24.3 Å². The zero-order chi connectivity index (χ0) is 18.2. The van der Waals surface area contributed by atoms with Crippen LogP contribution in [0.1, 0.15) is 11.1 Å². The van der Waals surface area contributed by atoms with Crippen LogP contribution in [-0.2, 0) is 10.5 Å². The molecule has 1 amide bonds. The van der Waals surface area contributed by atoms with Gasteiger partial charge in [0, 0.05) is 22.9 Å². The zero-order valence-corrected chi connectivity index (χ0v) is 14.8. The number of non-ortho nitro benzene ring substituents is 1. The number of nitrogens with one attached hydrogen (secondary N) is 2. The predicted octanol–water partition coefficient (Wildman–Crippen LogP) is 3.77. The van der Waals surface area contributed by atoms with Gasteiger partial charge in [-0.2, -0.15) is 0 Å². The minimum atomic E-state index is -0.474. The number of rotatable bonds is 8. The molecule has 0 aliphatic heterocycles. The van der Waals surface area contributed by atoms with Crippen molar-refractivity contribution in [3.05, 3.63) is 81.4 Å². The van der Waals surface area contributed by atoms with Crippen molar-refractivity contribution in [1.82, 2.24) is 10.9 Å². The molecule has 2 aromatic carbocycles. The summed E-state index contributed by atoms with van der Waals surface area (Å²) in [5.41, 5.74) is 7.31. The van der Waals surface area contributed by atoms with Gasteiger partial charge < -0.3 is 0 Å². The van der Waals surface area contributed by atoms with Crippen molar-refractivity contribution in [2.24, 2.45) is 0 Å². The van der Waals surface area contributed by atoms with Crippen LogP contribution in [0.4, 0.5) is 5.69 Å². The summed E-state index contributed by atoms with van der Waals surface area (Å²) in [6.45, 7) is 3.79. The molecule has 8 heteroatoms. The SMILES string of the molecule is C=C(NNC(=O)CSCc1ccccc1Cl)c1ccc([N+](=O)[O-])cc1. The van der Waals surface area contributed by atoms with E-state index in [1.165, 1.54) is 23.9 Å². The number of nitrogens with zero attached hydrogens (tertiary/aromatic N) is 1. The molecule has 0 saturated heterocycles. The van der Waals surface area contributed by atoms with Gasteiger partial charge >= 0.3 is 0 Å². The van der Waals surface area contributed by atoms with Crippen molar-refractivity contribution in [3.63, 3.8) is 0 Å². The summed E-state index contributed by atoms with van der Waals surface area (Å²) in [7, 11) is 0. The number of hydrazine groups is 1. The highest BCUT2D eigenvalue weighted by atomic mass is 35.5. The van der Waals surface area contributed by atoms with Crippen LogP contribution in [-0.4, -0.2) is 16.6 Å². The summed E-state index contributed by atoms with van der Waals surface area (Å²) >= 11 is 7.50. The van der Waals surface area contributed by atoms with Crippen LogP contribution in [0.3, 0.4) is 0 Å². The van der Waals surface area contributed by atoms with Crippen molar-refractivity contribution in [2.75, 3.05) is 5.75 Å². The molecule has 25 heavy (non-hydrogen) atoms. The minimum Gasteiger partial charge on any atom is -0.299 e. The lowest BCUT2D eigenvalue weighted by molar-refractivity contribution is -0.384. The van der Waals surface area contributed by atoms with Gasteiger partial charge in [-0.25, -0.2) is 0 Å². The number of thioether (sulfide) groups is 1. The molecule has 2 aromatic rings. The Morgan fingerprint density at radius 2 is 1.84 bits per heavy atom. The molecule has 0 radical (unpaired) electrons. The second-order valence-corrected chi connectivity index (χ2v) is 6.43. The molecule has 2 N–H and O–H groups in total. The number of halogens is 1. The Morgan fingerprint density at radius 3 is 2.48 bits per heavy atom. The maximum absolute atomic E-state index is 11.8. The Balaban J connectivity index is 1.74. The van der Waals surface area contributed by atoms with E-state index in [0.29, 0.717) is 22.0 Å². The molecule has 0 saturated carbocycles. The van der Waals surface area contributed by atoms with Crippen molar-refractivity contribution in [1.29, 1.82) is 0 Å². The predicted molar refractivity (Wildman–Crippen MR) is 101 cm³/mol. The number of nitro groups is 1. The van der Waals surface area contributed by atoms with Crippen molar-refractivity contribution < 1.29 is 9.72 Å². The van der Waals surface area contributed by atoms with Gasteiger partial charge in [0.2, 0.25) is 5.91 Å². The number of carbonyl (C=O) groups excluding carboxylic acids is 1. The van der Waals surface area contributed by atoms with Gasteiger partial charge in [-0.1, -0.05) is 36.4 Å². The topological polar surface area (TPSA) is 84.3 Å². The number of benzene rings is 2. The summed E-state index contributed by atoms with van der Waals surface area (Å²) in [5, 5.41) is 11.3. The zero-order valence-electron chi connectivity index (χ0n) is 13.2. The quantitative estimate of drug-likeness (QED) is 0.540. The minimum absolute atomic E-state index is 0.00319. The van der Waals surface area contributed by atoms with E-state index in [9.17, 15) is 14.9 Å². The summed E-state index contributed by atoms with van der Waals surface area (Å²) < 4.78 is 0. The number of hydrogen-bond donors (Lipinski definition) is 2. The first-order valence-electron chi connectivity index (χ1n) is 7.27. The molecule has 130 valence electrons. The van der Waals surface area contributed by atoms with Crippen molar-refractivity contribution in [3.8, 4) is 0 Å². The van der Waals surface area contributed by atoms with Crippen LogP contribution >= 0.6 is 23.4 Å². The maximum atomic E-state index is 11.8. The van der Waals surface area contributed by atoms with E-state index < -0.39 is 4.92 Å². The van der Waals surface area contributed by atoms with E-state index in [4.69, 9.17) is 11.6 Å². The first-order chi connectivity index (χ1) is 12.0. The highest BCUT2D eigenvalue weighted by Crippen LogP contribution is 2.20. The van der Waals surface area contributed by atoms with Gasteiger partial charge in [0.15, 0.2) is 0 Å². The van der Waals surface area contributed by atoms with Crippen LogP contribution in [0, 0.1) is 10.1 Å². The molecule has 0 unspecified atom stereocenters. The third-order valence-corrected chi connectivity index (χ3v) is 4.58. The van der Waals surface area contributed by atoms with Crippen LogP contribution in [0.2, 0.25) is 5.02 Å². The fourth-order valence-electron chi connectivity index (χ4n) is 1.91. The number of carbonyl (C=O) groups is 1. The molecule has 6 nitrogen and oxygen atoms in total. The van der Waals surface area contributed by atoms with Crippen LogP contribution in [0.15, 0.2) is 55.1 Å². The average Bonchev–Trinajstić information content (AvgIpc) is 2.61. The first-order valence-corrected chi connectivity index (χ1v) is 8.80. The molecule has 2 rings (SSSR count). The van der Waals surface area contributed by atoms with Crippen LogP contribution in [0.25, 0.3) is 5.70 Å². The van der Waals surface area contributed by atoms with Crippen molar-refractivity contribution in [2.45, 2.75) is 5.75 Å². The fraction of sp³-hybridized carbons (Fsp3) is 0.118. The lowest BCUT2D eigenvalue weighted by Crippen LogP contribution is -2.37. The highest BCUT2D eigenvalue weighted by Gasteiger charge is 2.07. The van der Waals surface area contributed by atoms with E-state index >= 15 is 0 Å². The average molecular weight is 378 g/mol. The molecule has 0 heterocycles. The Bertz CT molecular complexity index is 781. The lowest BCUT2D eigenvalue weighted by atomic mass is 10.1. The van der Waals surface area contributed by atoms with Gasteiger partial charge in [-0.3, -0.25) is 25.8 Å². The summed E-state index contributed by atoms with van der Waals surface area (Å²) in [4.78, 5) is 22.0. The monoisotopic (exact) mass is 377 g/mol. The molecule has 0 spiro atoms. The largest absolute Gasteiger partial charge is 0.299 e. The number of amides is 1. The van der Waals surface area contributed by atoms with E-state index in [0.717, 1.165) is 5.56 Å². The molecule has 0 bridgehead atoms. The molecular formula is C17H16ClN3O3S.